The minimum Gasteiger partial charge on any atom is -0.368 e. The lowest BCUT2D eigenvalue weighted by molar-refractivity contribution is -0.142. The number of aromatic nitrogens is 2. The van der Waals surface area contributed by atoms with Crippen LogP contribution in [0.3, 0.4) is 0 Å². The Bertz CT molecular complexity index is 1110. The first kappa shape index (κ1) is 19.7. The van der Waals surface area contributed by atoms with E-state index in [1.165, 1.54) is 0 Å². The summed E-state index contributed by atoms with van der Waals surface area (Å²) >= 11 is 0. The van der Waals surface area contributed by atoms with E-state index in [4.69, 9.17) is 9.26 Å². The van der Waals surface area contributed by atoms with Gasteiger partial charge in [-0.15, -0.1) is 0 Å². The van der Waals surface area contributed by atoms with Crippen LogP contribution in [0.25, 0.3) is 22.4 Å². The molecular weight excluding hydrogens is 396 g/mol. The first-order valence-corrected chi connectivity index (χ1v) is 10.6. The van der Waals surface area contributed by atoms with Crippen molar-refractivity contribution in [3.8, 4) is 11.3 Å². The number of aryl methyl sites for hydroxylation is 1. The van der Waals surface area contributed by atoms with Gasteiger partial charge in [0, 0.05) is 44.0 Å². The van der Waals surface area contributed by atoms with Crippen LogP contribution >= 0.6 is 0 Å². The average Bonchev–Trinajstić information content (AvgIpc) is 3.48. The Morgan fingerprint density at radius 1 is 1.06 bits per heavy atom. The molecule has 1 aromatic carbocycles. The molecule has 0 N–H and O–H groups in total. The molecule has 5 rings (SSSR count). The van der Waals surface area contributed by atoms with Crippen LogP contribution in [0.15, 0.2) is 40.9 Å². The molecule has 31 heavy (non-hydrogen) atoms. The maximum atomic E-state index is 13.5. The molecule has 2 saturated heterocycles. The van der Waals surface area contributed by atoms with E-state index >= 15 is 0 Å². The number of fused-ring (bicyclic) bond motifs is 1. The van der Waals surface area contributed by atoms with Crippen molar-refractivity contribution < 1.29 is 18.8 Å². The van der Waals surface area contributed by atoms with Crippen molar-refractivity contribution in [3.05, 3.63) is 47.7 Å². The van der Waals surface area contributed by atoms with Crippen LogP contribution in [0.5, 0.6) is 0 Å². The van der Waals surface area contributed by atoms with E-state index in [9.17, 15) is 9.59 Å². The molecule has 8 heteroatoms. The largest absolute Gasteiger partial charge is 0.368 e. The average molecular weight is 420 g/mol. The Morgan fingerprint density at radius 2 is 1.81 bits per heavy atom. The Morgan fingerprint density at radius 3 is 2.52 bits per heavy atom. The van der Waals surface area contributed by atoms with Gasteiger partial charge in [0.2, 0.25) is 0 Å². The van der Waals surface area contributed by atoms with Gasteiger partial charge in [-0.2, -0.15) is 0 Å². The van der Waals surface area contributed by atoms with Gasteiger partial charge >= 0.3 is 0 Å². The standard InChI is InChI=1S/C23H24N4O4/c1-15-14-17(19-20(25-31-21(19)24-15)16-6-3-2-4-7-16)22(28)26-9-11-27(12-10-26)23(29)18-8-5-13-30-18/h2-4,6-7,14,18H,5,8-13H2,1H3. The number of carbonyl (C=O) groups is 2. The van der Waals surface area contributed by atoms with Crippen LogP contribution in [0.4, 0.5) is 0 Å². The second-order valence-corrected chi connectivity index (χ2v) is 8.01. The number of rotatable bonds is 3. The van der Waals surface area contributed by atoms with E-state index in [1.807, 2.05) is 42.2 Å². The lowest BCUT2D eigenvalue weighted by Crippen LogP contribution is -2.52. The maximum absolute atomic E-state index is 13.5. The van der Waals surface area contributed by atoms with Gasteiger partial charge in [-0.05, 0) is 25.8 Å². The van der Waals surface area contributed by atoms with E-state index in [0.717, 1.165) is 18.4 Å². The summed E-state index contributed by atoms with van der Waals surface area (Å²) in [5.74, 6) is -0.0581. The molecule has 1 atom stereocenters. The number of hydrogen-bond acceptors (Lipinski definition) is 6. The van der Waals surface area contributed by atoms with E-state index in [1.54, 1.807) is 11.0 Å². The van der Waals surface area contributed by atoms with Crippen LogP contribution in [-0.4, -0.2) is 70.6 Å². The lowest BCUT2D eigenvalue weighted by atomic mass is 10.0. The van der Waals surface area contributed by atoms with Gasteiger partial charge in [0.15, 0.2) is 0 Å². The van der Waals surface area contributed by atoms with Gasteiger partial charge < -0.3 is 19.1 Å². The number of hydrogen-bond donors (Lipinski definition) is 0. The third kappa shape index (κ3) is 3.67. The molecule has 0 bridgehead atoms. The zero-order valence-corrected chi connectivity index (χ0v) is 17.4. The van der Waals surface area contributed by atoms with E-state index in [-0.39, 0.29) is 17.9 Å². The highest BCUT2D eigenvalue weighted by Gasteiger charge is 2.32. The van der Waals surface area contributed by atoms with Crippen molar-refractivity contribution in [2.75, 3.05) is 32.8 Å². The highest BCUT2D eigenvalue weighted by Crippen LogP contribution is 2.31. The van der Waals surface area contributed by atoms with Gasteiger partial charge in [-0.1, -0.05) is 35.5 Å². The molecule has 0 spiro atoms. The molecule has 3 aromatic rings. The van der Waals surface area contributed by atoms with Crippen LogP contribution in [-0.2, 0) is 9.53 Å². The maximum Gasteiger partial charge on any atom is 0.259 e. The van der Waals surface area contributed by atoms with Crippen LogP contribution in [0.1, 0.15) is 28.9 Å². The van der Waals surface area contributed by atoms with Crippen molar-refractivity contribution >= 4 is 22.9 Å². The topological polar surface area (TPSA) is 88.8 Å². The first-order chi connectivity index (χ1) is 15.1. The summed E-state index contributed by atoms with van der Waals surface area (Å²) in [6.45, 7) is 4.45. The Hall–Kier alpha value is -3.26. The molecule has 4 heterocycles. The Balaban J connectivity index is 1.40. The predicted molar refractivity (Wildman–Crippen MR) is 113 cm³/mol. The highest BCUT2D eigenvalue weighted by molar-refractivity contribution is 6.09. The quantitative estimate of drug-likeness (QED) is 0.647. The monoisotopic (exact) mass is 420 g/mol. The second kappa shape index (κ2) is 8.11. The van der Waals surface area contributed by atoms with Crippen LogP contribution in [0, 0.1) is 6.92 Å². The fourth-order valence-electron chi connectivity index (χ4n) is 4.31. The minimum absolute atomic E-state index is 0.0390. The number of benzene rings is 1. The molecule has 8 nitrogen and oxygen atoms in total. The molecular formula is C23H24N4O4. The van der Waals surface area contributed by atoms with E-state index < -0.39 is 0 Å². The predicted octanol–water partition coefficient (Wildman–Crippen LogP) is 2.66. The smallest absolute Gasteiger partial charge is 0.259 e. The lowest BCUT2D eigenvalue weighted by Gasteiger charge is -2.35. The molecule has 1 unspecified atom stereocenters. The van der Waals surface area contributed by atoms with Gasteiger partial charge in [-0.25, -0.2) is 4.98 Å². The van der Waals surface area contributed by atoms with Gasteiger partial charge in [0.25, 0.3) is 17.5 Å². The molecule has 2 amide bonds. The van der Waals surface area contributed by atoms with E-state index in [2.05, 4.69) is 10.1 Å². The fourth-order valence-corrected chi connectivity index (χ4v) is 4.31. The molecule has 2 aliphatic heterocycles. The summed E-state index contributed by atoms with van der Waals surface area (Å²) in [4.78, 5) is 34.1. The molecule has 0 radical (unpaired) electrons. The van der Waals surface area contributed by atoms with Crippen LogP contribution < -0.4 is 0 Å². The number of ether oxygens (including phenoxy) is 1. The van der Waals surface area contributed by atoms with Crippen molar-refractivity contribution in [2.45, 2.75) is 25.9 Å². The summed E-state index contributed by atoms with van der Waals surface area (Å²) in [7, 11) is 0. The van der Waals surface area contributed by atoms with Crippen LogP contribution in [0.2, 0.25) is 0 Å². The first-order valence-electron chi connectivity index (χ1n) is 10.6. The molecule has 2 aliphatic rings. The summed E-state index contributed by atoms with van der Waals surface area (Å²) in [6.07, 6.45) is 1.38. The summed E-state index contributed by atoms with van der Waals surface area (Å²) < 4.78 is 11.0. The van der Waals surface area contributed by atoms with Crippen molar-refractivity contribution in [2.24, 2.45) is 0 Å². The summed E-state index contributed by atoms with van der Waals surface area (Å²) in [5.41, 5.74) is 3.06. The normalized spacial score (nSPS) is 19.2. The van der Waals surface area contributed by atoms with Crippen molar-refractivity contribution in [1.29, 1.82) is 0 Å². The Labute approximate surface area is 179 Å². The number of nitrogens with zero attached hydrogens (tertiary/aromatic N) is 4. The van der Waals surface area contributed by atoms with E-state index in [0.29, 0.717) is 60.8 Å². The highest BCUT2D eigenvalue weighted by atomic mass is 16.5. The third-order valence-electron chi connectivity index (χ3n) is 5.94. The summed E-state index contributed by atoms with van der Waals surface area (Å²) in [5, 5.41) is 4.82. The van der Waals surface area contributed by atoms with Crippen molar-refractivity contribution in [1.82, 2.24) is 19.9 Å². The van der Waals surface area contributed by atoms with Crippen molar-refractivity contribution in [3.63, 3.8) is 0 Å². The number of pyridine rings is 1. The number of piperazine rings is 1. The molecule has 0 saturated carbocycles. The third-order valence-corrected chi connectivity index (χ3v) is 5.94. The van der Waals surface area contributed by atoms with Gasteiger partial charge in [0.05, 0.1) is 10.9 Å². The Kier molecular flexibility index (Phi) is 5.15. The zero-order valence-electron chi connectivity index (χ0n) is 17.4. The molecule has 2 fully saturated rings. The SMILES string of the molecule is Cc1cc(C(=O)N2CCN(C(=O)C3CCCO3)CC2)c2c(-c3ccccc3)noc2n1. The molecule has 160 valence electrons. The molecule has 2 aromatic heterocycles. The molecule has 0 aliphatic carbocycles. The number of carbonyl (C=O) groups excluding carboxylic acids is 2. The minimum atomic E-state index is -0.324. The zero-order chi connectivity index (χ0) is 21.4. The van der Waals surface area contributed by atoms with Gasteiger partial charge in [-0.3, -0.25) is 9.59 Å². The fraction of sp³-hybridized carbons (Fsp3) is 0.391. The second-order valence-electron chi connectivity index (χ2n) is 8.01. The number of amides is 2. The van der Waals surface area contributed by atoms with Gasteiger partial charge in [0.1, 0.15) is 11.8 Å². The summed E-state index contributed by atoms with van der Waals surface area (Å²) in [6, 6.07) is 11.4.